The fourth-order valence-electron chi connectivity index (χ4n) is 4.76. The fourth-order valence-corrected chi connectivity index (χ4v) is 4.76. The second-order valence-electron chi connectivity index (χ2n) is 9.29. The summed E-state index contributed by atoms with van der Waals surface area (Å²) in [5.41, 5.74) is 9.94. The Balaban J connectivity index is 1.16. The summed E-state index contributed by atoms with van der Waals surface area (Å²) < 4.78 is 14.9. The Hall–Kier alpha value is -4.13. The van der Waals surface area contributed by atoms with E-state index >= 15 is 0 Å². The van der Waals surface area contributed by atoms with Gasteiger partial charge < -0.3 is 20.8 Å². The third kappa shape index (κ3) is 5.50. The fraction of sp³-hybridized carbons (Fsp3) is 0.286. The number of carbonyl (C=O) groups is 1. The number of piperazine rings is 1. The van der Waals surface area contributed by atoms with Crippen molar-refractivity contribution in [2.75, 3.05) is 32.7 Å². The second-order valence-corrected chi connectivity index (χ2v) is 9.29. The molecule has 1 atom stereocenters. The van der Waals surface area contributed by atoms with Crippen LogP contribution in [0.4, 0.5) is 4.39 Å². The highest BCUT2D eigenvalue weighted by molar-refractivity contribution is 5.82. The molecular formula is C28H29FN6O2. The van der Waals surface area contributed by atoms with Crippen LogP contribution in [0.3, 0.4) is 0 Å². The molecule has 190 valence electrons. The van der Waals surface area contributed by atoms with Crippen LogP contribution in [-0.2, 0) is 17.8 Å². The van der Waals surface area contributed by atoms with Gasteiger partial charge in [-0.05, 0) is 41.8 Å². The lowest BCUT2D eigenvalue weighted by atomic mass is 10.0. The molecule has 1 saturated heterocycles. The van der Waals surface area contributed by atoms with Gasteiger partial charge in [-0.3, -0.25) is 9.69 Å². The number of fused-ring (bicyclic) bond motifs is 1. The van der Waals surface area contributed by atoms with E-state index in [1.165, 1.54) is 22.8 Å². The summed E-state index contributed by atoms with van der Waals surface area (Å²) in [5, 5.41) is 13.9. The highest BCUT2D eigenvalue weighted by Crippen LogP contribution is 2.29. The summed E-state index contributed by atoms with van der Waals surface area (Å²) in [6.07, 6.45) is 5.44. The van der Waals surface area contributed by atoms with Gasteiger partial charge in [-0.1, -0.05) is 36.4 Å². The molecule has 0 bridgehead atoms. The topological polar surface area (TPSA) is 97.9 Å². The third-order valence-corrected chi connectivity index (χ3v) is 6.74. The van der Waals surface area contributed by atoms with Gasteiger partial charge in [0.05, 0.1) is 29.9 Å². The van der Waals surface area contributed by atoms with Gasteiger partial charge >= 0.3 is 0 Å². The van der Waals surface area contributed by atoms with Crippen LogP contribution in [0.5, 0.6) is 5.75 Å². The van der Waals surface area contributed by atoms with Crippen molar-refractivity contribution in [3.05, 3.63) is 101 Å². The molecule has 3 aliphatic heterocycles. The number of rotatable bonds is 7. The van der Waals surface area contributed by atoms with Crippen molar-refractivity contribution in [2.24, 2.45) is 5.73 Å². The number of hydrogen-bond donors (Lipinski definition) is 2. The Morgan fingerprint density at radius 1 is 1.14 bits per heavy atom. The molecule has 1 amide bonds. The molecule has 5 rings (SSSR count). The van der Waals surface area contributed by atoms with Crippen LogP contribution in [0.15, 0.2) is 83.9 Å². The van der Waals surface area contributed by atoms with Gasteiger partial charge in [0, 0.05) is 38.9 Å². The average Bonchev–Trinajstić information content (AvgIpc) is 3.35. The summed E-state index contributed by atoms with van der Waals surface area (Å²) in [7, 11) is 0. The quantitative estimate of drug-likeness (QED) is 0.603. The average molecular weight is 501 g/mol. The van der Waals surface area contributed by atoms with Gasteiger partial charge in [0.15, 0.2) is 11.6 Å². The number of benzene rings is 2. The van der Waals surface area contributed by atoms with Crippen molar-refractivity contribution in [3.8, 4) is 11.8 Å². The maximum absolute atomic E-state index is 14.9. The molecule has 8 nitrogen and oxygen atoms in total. The largest absolute Gasteiger partial charge is 0.378 e. The molecule has 0 radical (unpaired) electrons. The predicted octanol–water partition coefficient (Wildman–Crippen LogP) is 2.43. The molecule has 2 aromatic carbocycles. The minimum absolute atomic E-state index is 0.0146. The first kappa shape index (κ1) is 24.6. The summed E-state index contributed by atoms with van der Waals surface area (Å²) in [6, 6.07) is 16.2. The monoisotopic (exact) mass is 500 g/mol. The molecule has 0 aromatic heterocycles. The minimum atomic E-state index is -0.752. The van der Waals surface area contributed by atoms with Gasteiger partial charge in [0.1, 0.15) is 5.70 Å². The van der Waals surface area contributed by atoms with E-state index in [2.05, 4.69) is 28.4 Å². The van der Waals surface area contributed by atoms with Crippen molar-refractivity contribution in [2.45, 2.75) is 19.0 Å². The maximum Gasteiger partial charge on any atom is 0.239 e. The smallest absolute Gasteiger partial charge is 0.239 e. The lowest BCUT2D eigenvalue weighted by Gasteiger charge is -2.36. The first-order valence-electron chi connectivity index (χ1n) is 12.3. The van der Waals surface area contributed by atoms with Crippen molar-refractivity contribution >= 4 is 5.91 Å². The Morgan fingerprint density at radius 3 is 2.65 bits per heavy atom. The van der Waals surface area contributed by atoms with Crippen LogP contribution in [0.25, 0.3) is 0 Å². The van der Waals surface area contributed by atoms with Crippen LogP contribution in [0.1, 0.15) is 11.1 Å². The molecule has 2 aromatic rings. The minimum Gasteiger partial charge on any atom is -0.378 e. The van der Waals surface area contributed by atoms with E-state index in [0.29, 0.717) is 36.5 Å². The highest BCUT2D eigenvalue weighted by Gasteiger charge is 2.28. The van der Waals surface area contributed by atoms with Gasteiger partial charge in [0.2, 0.25) is 5.91 Å². The first-order valence-corrected chi connectivity index (χ1v) is 12.3. The molecular weight excluding hydrogens is 471 g/mol. The molecule has 3 aliphatic rings. The van der Waals surface area contributed by atoms with Crippen molar-refractivity contribution in [1.29, 1.82) is 5.26 Å². The number of amides is 1. The van der Waals surface area contributed by atoms with Crippen molar-refractivity contribution < 1.29 is 14.0 Å². The number of hydroxylamine groups is 2. The van der Waals surface area contributed by atoms with Crippen LogP contribution >= 0.6 is 0 Å². The van der Waals surface area contributed by atoms with Crippen LogP contribution in [-0.4, -0.2) is 59.5 Å². The van der Waals surface area contributed by atoms with E-state index < -0.39 is 11.9 Å². The molecule has 0 spiro atoms. The Labute approximate surface area is 215 Å². The highest BCUT2D eigenvalue weighted by atomic mass is 19.1. The number of allylic oxidation sites excluding steroid dienone is 2. The van der Waals surface area contributed by atoms with Crippen molar-refractivity contribution in [1.82, 2.24) is 20.2 Å². The molecule has 3 N–H and O–H groups in total. The normalized spacial score (nSPS) is 18.1. The van der Waals surface area contributed by atoms with Gasteiger partial charge in [-0.15, -0.1) is 0 Å². The molecule has 0 aliphatic carbocycles. The molecule has 0 saturated carbocycles. The molecule has 37 heavy (non-hydrogen) atoms. The van der Waals surface area contributed by atoms with E-state index in [1.807, 2.05) is 24.3 Å². The maximum atomic E-state index is 14.9. The Morgan fingerprint density at radius 2 is 1.92 bits per heavy atom. The summed E-state index contributed by atoms with van der Waals surface area (Å²) in [5.74, 6) is -0.676. The van der Waals surface area contributed by atoms with Gasteiger partial charge in [0.25, 0.3) is 0 Å². The number of nitrogens with one attached hydrogen (secondary N) is 1. The zero-order valence-electron chi connectivity index (χ0n) is 20.4. The summed E-state index contributed by atoms with van der Waals surface area (Å²) in [6.45, 7) is 4.07. The number of hydrogen-bond acceptors (Lipinski definition) is 7. The van der Waals surface area contributed by atoms with E-state index in [9.17, 15) is 14.4 Å². The number of halogens is 1. The Bertz CT molecular complexity index is 1290. The molecule has 3 heterocycles. The van der Waals surface area contributed by atoms with E-state index in [-0.39, 0.29) is 18.1 Å². The zero-order valence-corrected chi connectivity index (χ0v) is 20.4. The predicted molar refractivity (Wildman–Crippen MR) is 137 cm³/mol. The molecule has 9 heteroatoms. The second kappa shape index (κ2) is 10.9. The van der Waals surface area contributed by atoms with Gasteiger partial charge in [-0.2, -0.15) is 10.3 Å². The SMILES string of the molecule is N#CC1=C2C(=CC=CN2Oc2ccc(C[C@H](N)C(=O)N3CCN(Cc4ccccc4)CC3)cc2F)NC1. The zero-order chi connectivity index (χ0) is 25.8. The molecule has 0 unspecified atom stereocenters. The number of nitrogens with two attached hydrogens (primary N) is 1. The summed E-state index contributed by atoms with van der Waals surface area (Å²) in [4.78, 5) is 22.8. The molecule has 1 fully saturated rings. The number of nitriles is 1. The Kier molecular flexibility index (Phi) is 7.21. The standard InChI is InChI=1S/C28H29FN6O2/c29-23-15-21(8-9-26(23)37-35-10-4-7-25-27(35)22(17-30)18-32-25)16-24(31)28(36)34-13-11-33(12-14-34)19-20-5-2-1-3-6-20/h1-10,15,24,32H,11-14,16,18-19,31H2/t24-/m0/s1. The van der Waals surface area contributed by atoms with Crippen LogP contribution in [0.2, 0.25) is 0 Å². The number of nitrogens with zero attached hydrogens (tertiary/aromatic N) is 4. The summed E-state index contributed by atoms with van der Waals surface area (Å²) >= 11 is 0. The van der Waals surface area contributed by atoms with Crippen molar-refractivity contribution in [3.63, 3.8) is 0 Å². The lowest BCUT2D eigenvalue weighted by Crippen LogP contribution is -2.53. The third-order valence-electron chi connectivity index (χ3n) is 6.74. The van der Waals surface area contributed by atoms with Gasteiger partial charge in [-0.25, -0.2) is 4.39 Å². The van der Waals surface area contributed by atoms with E-state index in [1.54, 1.807) is 23.2 Å². The number of carbonyl (C=O) groups excluding carboxylic acids is 1. The lowest BCUT2D eigenvalue weighted by molar-refractivity contribution is -0.134. The van der Waals surface area contributed by atoms with E-state index in [0.717, 1.165) is 25.3 Å². The van der Waals surface area contributed by atoms with E-state index in [4.69, 9.17) is 10.6 Å². The van der Waals surface area contributed by atoms with Crippen LogP contribution in [0, 0.1) is 17.1 Å². The van der Waals surface area contributed by atoms with Crippen LogP contribution < -0.4 is 15.9 Å². The first-order chi connectivity index (χ1) is 18.0.